The molecule has 0 bridgehead atoms. The molecule has 1 N–H and O–H groups in total. The second kappa shape index (κ2) is 5.74. The van der Waals surface area contributed by atoms with E-state index in [2.05, 4.69) is 4.98 Å². The first kappa shape index (κ1) is 14.7. The van der Waals surface area contributed by atoms with E-state index in [1.165, 1.54) is 12.3 Å². The lowest BCUT2D eigenvalue weighted by atomic mass is 10.1. The van der Waals surface area contributed by atoms with Crippen LogP contribution in [0.2, 0.25) is 0 Å². The fourth-order valence-corrected chi connectivity index (χ4v) is 2.21. The van der Waals surface area contributed by atoms with Gasteiger partial charge in [-0.25, -0.2) is 4.98 Å². The van der Waals surface area contributed by atoms with Crippen molar-refractivity contribution in [1.82, 2.24) is 4.98 Å². The number of non-ortho nitro benzene ring substituents is 1. The molecular formula is C14H15N3O4. The highest BCUT2D eigenvalue weighted by molar-refractivity contribution is 5.97. The Morgan fingerprint density at radius 2 is 2.14 bits per heavy atom. The molecule has 1 heterocycles. The number of hydrogen-bond donors (Lipinski definition) is 1. The van der Waals surface area contributed by atoms with Gasteiger partial charge in [0.15, 0.2) is 0 Å². The fourth-order valence-electron chi connectivity index (χ4n) is 2.21. The first-order valence-electron chi connectivity index (χ1n) is 6.38. The van der Waals surface area contributed by atoms with Crippen molar-refractivity contribution < 1.29 is 14.8 Å². The van der Waals surface area contributed by atoms with E-state index in [4.69, 9.17) is 5.11 Å². The number of nitrogens with zero attached hydrogens (tertiary/aromatic N) is 3. The number of hydrogen-bond acceptors (Lipinski definition) is 5. The topological polar surface area (TPSA) is 96.6 Å². The second-order valence-electron chi connectivity index (χ2n) is 4.88. The van der Waals surface area contributed by atoms with Crippen molar-refractivity contribution >= 4 is 28.2 Å². The molecule has 1 aromatic heterocycles. The van der Waals surface area contributed by atoms with Crippen LogP contribution in [0.4, 0.5) is 11.5 Å². The number of aromatic nitrogens is 1. The zero-order valence-electron chi connectivity index (χ0n) is 11.7. The van der Waals surface area contributed by atoms with Crippen molar-refractivity contribution in [2.75, 3.05) is 18.5 Å². The lowest BCUT2D eigenvalue weighted by molar-refractivity contribution is -0.383. The number of benzene rings is 1. The molecule has 0 saturated heterocycles. The van der Waals surface area contributed by atoms with Crippen LogP contribution in [-0.4, -0.2) is 34.6 Å². The Hall–Kier alpha value is -2.70. The number of fused-ring (bicyclic) bond motifs is 1. The van der Waals surface area contributed by atoms with Crippen LogP contribution in [0.3, 0.4) is 0 Å². The number of nitro benzene ring substituents is 1. The molecule has 0 aliphatic rings. The summed E-state index contributed by atoms with van der Waals surface area (Å²) >= 11 is 0. The summed E-state index contributed by atoms with van der Waals surface area (Å²) in [5.41, 5.74) is 0.0100. The van der Waals surface area contributed by atoms with Crippen LogP contribution in [0.1, 0.15) is 6.92 Å². The van der Waals surface area contributed by atoms with Crippen molar-refractivity contribution in [3.63, 3.8) is 0 Å². The maximum absolute atomic E-state index is 11.1. The molecule has 0 aliphatic carbocycles. The minimum Gasteiger partial charge on any atom is -0.481 e. The second-order valence-corrected chi connectivity index (χ2v) is 4.88. The number of carboxylic acids is 1. The van der Waals surface area contributed by atoms with Gasteiger partial charge in [0, 0.05) is 31.2 Å². The summed E-state index contributed by atoms with van der Waals surface area (Å²) in [6, 6.07) is 6.37. The minimum absolute atomic E-state index is 0.0100. The van der Waals surface area contributed by atoms with Crippen LogP contribution in [0.5, 0.6) is 0 Å². The van der Waals surface area contributed by atoms with E-state index in [1.807, 2.05) is 0 Å². The Bertz CT molecular complexity index is 702. The first-order valence-corrected chi connectivity index (χ1v) is 6.38. The van der Waals surface area contributed by atoms with E-state index in [9.17, 15) is 14.9 Å². The van der Waals surface area contributed by atoms with Crippen LogP contribution >= 0.6 is 0 Å². The molecule has 1 atom stereocenters. The number of rotatable bonds is 5. The minimum atomic E-state index is -0.895. The molecule has 21 heavy (non-hydrogen) atoms. The van der Waals surface area contributed by atoms with E-state index < -0.39 is 16.8 Å². The standard InChI is InChI=1S/C14H15N3O4/c1-9(14(18)19)8-16(2)13-11-4-3-5-12(17(20)21)10(11)6-7-15-13/h3-7,9H,8H2,1-2H3,(H,18,19). The van der Waals surface area contributed by atoms with Crippen LogP contribution in [-0.2, 0) is 4.79 Å². The third kappa shape index (κ3) is 2.91. The van der Waals surface area contributed by atoms with Gasteiger partial charge in [-0.3, -0.25) is 14.9 Å². The van der Waals surface area contributed by atoms with Gasteiger partial charge in [0.05, 0.1) is 16.2 Å². The average molecular weight is 289 g/mol. The van der Waals surface area contributed by atoms with Crippen LogP contribution < -0.4 is 4.90 Å². The van der Waals surface area contributed by atoms with E-state index >= 15 is 0 Å². The molecule has 0 radical (unpaired) electrons. The molecule has 0 aliphatic heterocycles. The van der Waals surface area contributed by atoms with E-state index in [0.717, 1.165) is 0 Å². The van der Waals surface area contributed by atoms with E-state index in [-0.39, 0.29) is 12.2 Å². The van der Waals surface area contributed by atoms with Crippen molar-refractivity contribution in [3.05, 3.63) is 40.6 Å². The van der Waals surface area contributed by atoms with Crippen molar-refractivity contribution in [3.8, 4) is 0 Å². The highest BCUT2D eigenvalue weighted by atomic mass is 16.6. The van der Waals surface area contributed by atoms with E-state index in [1.54, 1.807) is 37.1 Å². The van der Waals surface area contributed by atoms with Gasteiger partial charge in [-0.05, 0) is 6.07 Å². The number of pyridine rings is 1. The van der Waals surface area contributed by atoms with Crippen molar-refractivity contribution in [2.45, 2.75) is 6.92 Å². The van der Waals surface area contributed by atoms with Gasteiger partial charge in [0.2, 0.25) is 0 Å². The molecule has 7 nitrogen and oxygen atoms in total. The maximum Gasteiger partial charge on any atom is 0.308 e. The third-order valence-electron chi connectivity index (χ3n) is 3.29. The molecule has 110 valence electrons. The van der Waals surface area contributed by atoms with Crippen molar-refractivity contribution in [1.29, 1.82) is 0 Å². The summed E-state index contributed by atoms with van der Waals surface area (Å²) in [5, 5.41) is 21.1. The lowest BCUT2D eigenvalue weighted by Gasteiger charge is -2.21. The SMILES string of the molecule is CC(CN(C)c1nccc2c([N+](=O)[O-])cccc12)C(=O)O. The number of carbonyl (C=O) groups is 1. The number of anilines is 1. The van der Waals surface area contributed by atoms with Gasteiger partial charge < -0.3 is 10.0 Å². The summed E-state index contributed by atoms with van der Waals surface area (Å²) in [5.74, 6) is -0.928. The smallest absolute Gasteiger partial charge is 0.308 e. The van der Waals surface area contributed by atoms with Gasteiger partial charge in [0.1, 0.15) is 5.82 Å². The Balaban J connectivity index is 2.48. The number of carboxylic acid groups (broad SMARTS) is 1. The monoisotopic (exact) mass is 289 g/mol. The summed E-state index contributed by atoms with van der Waals surface area (Å²) in [6.07, 6.45) is 1.49. The number of aliphatic carboxylic acids is 1. The van der Waals surface area contributed by atoms with Gasteiger partial charge in [-0.1, -0.05) is 19.1 Å². The summed E-state index contributed by atoms with van der Waals surface area (Å²) in [6.45, 7) is 1.87. The maximum atomic E-state index is 11.1. The molecule has 0 amide bonds. The summed E-state index contributed by atoms with van der Waals surface area (Å²) in [7, 11) is 1.72. The highest BCUT2D eigenvalue weighted by Gasteiger charge is 2.18. The molecule has 2 rings (SSSR count). The normalized spacial score (nSPS) is 12.1. The zero-order valence-corrected chi connectivity index (χ0v) is 11.7. The van der Waals surface area contributed by atoms with Crippen LogP contribution in [0.25, 0.3) is 10.8 Å². The summed E-state index contributed by atoms with van der Waals surface area (Å²) in [4.78, 5) is 27.5. The Morgan fingerprint density at radius 3 is 2.76 bits per heavy atom. The third-order valence-corrected chi connectivity index (χ3v) is 3.29. The largest absolute Gasteiger partial charge is 0.481 e. The van der Waals surface area contributed by atoms with Crippen molar-refractivity contribution in [2.24, 2.45) is 5.92 Å². The molecule has 0 fully saturated rings. The predicted molar refractivity (Wildman–Crippen MR) is 78.5 cm³/mol. The van der Waals surface area contributed by atoms with Crippen LogP contribution in [0.15, 0.2) is 30.5 Å². The Morgan fingerprint density at radius 1 is 1.43 bits per heavy atom. The number of nitro groups is 1. The molecule has 2 aromatic rings. The summed E-state index contributed by atoms with van der Waals surface area (Å²) < 4.78 is 0. The Kier molecular flexibility index (Phi) is 4.02. The molecule has 7 heteroatoms. The molecule has 0 spiro atoms. The fraction of sp³-hybridized carbons (Fsp3) is 0.286. The molecule has 1 aromatic carbocycles. The van der Waals surface area contributed by atoms with E-state index in [0.29, 0.717) is 16.6 Å². The van der Waals surface area contributed by atoms with Gasteiger partial charge in [0.25, 0.3) is 5.69 Å². The zero-order chi connectivity index (χ0) is 15.6. The first-order chi connectivity index (χ1) is 9.91. The predicted octanol–water partition coefficient (Wildman–Crippen LogP) is 2.30. The highest BCUT2D eigenvalue weighted by Crippen LogP contribution is 2.30. The molecule has 0 saturated carbocycles. The quantitative estimate of drug-likeness (QED) is 0.670. The Labute approximate surface area is 121 Å². The van der Waals surface area contributed by atoms with Gasteiger partial charge in [-0.2, -0.15) is 0 Å². The molecular weight excluding hydrogens is 274 g/mol. The molecule has 1 unspecified atom stereocenters. The van der Waals surface area contributed by atoms with Gasteiger partial charge in [-0.15, -0.1) is 0 Å². The average Bonchev–Trinajstić information content (AvgIpc) is 2.45. The lowest BCUT2D eigenvalue weighted by Crippen LogP contribution is -2.29. The van der Waals surface area contributed by atoms with Gasteiger partial charge >= 0.3 is 5.97 Å². The van der Waals surface area contributed by atoms with Crippen LogP contribution in [0, 0.1) is 16.0 Å².